The minimum atomic E-state index is -0.381. The number of amides is 1. The standard InChI is InChI=1S/C18H20N4O3/c1-10(2)15(20-18(24)13-9-14(25-3)22-21-13)12-7-6-11-5-4-8-19-16(11)17(12)23/h4-10,15,23H,1-3H3,(H,20,24)(H,21,22). The van der Waals surface area contributed by atoms with Gasteiger partial charge in [-0.15, -0.1) is 5.10 Å². The monoisotopic (exact) mass is 340 g/mol. The maximum absolute atomic E-state index is 12.5. The largest absolute Gasteiger partial charge is 0.505 e. The summed E-state index contributed by atoms with van der Waals surface area (Å²) in [6.07, 6.45) is 1.63. The highest BCUT2D eigenvalue weighted by Crippen LogP contribution is 2.34. The van der Waals surface area contributed by atoms with Gasteiger partial charge in [0.1, 0.15) is 17.0 Å². The quantitative estimate of drug-likeness (QED) is 0.663. The van der Waals surface area contributed by atoms with Crippen molar-refractivity contribution < 1.29 is 14.6 Å². The number of aromatic amines is 1. The number of nitrogens with zero attached hydrogens (tertiary/aromatic N) is 2. The van der Waals surface area contributed by atoms with E-state index in [1.807, 2.05) is 38.1 Å². The zero-order valence-corrected chi connectivity index (χ0v) is 14.3. The number of nitrogens with one attached hydrogen (secondary N) is 2. The van der Waals surface area contributed by atoms with Crippen LogP contribution < -0.4 is 10.1 Å². The Balaban J connectivity index is 1.93. The summed E-state index contributed by atoms with van der Waals surface area (Å²) < 4.78 is 4.98. The third kappa shape index (κ3) is 3.26. The van der Waals surface area contributed by atoms with Crippen molar-refractivity contribution in [2.24, 2.45) is 5.92 Å². The Hall–Kier alpha value is -3.09. The number of phenols is 1. The van der Waals surface area contributed by atoms with E-state index >= 15 is 0 Å². The lowest BCUT2D eigenvalue weighted by molar-refractivity contribution is 0.0920. The van der Waals surface area contributed by atoms with Crippen LogP contribution in [-0.4, -0.2) is 33.3 Å². The van der Waals surface area contributed by atoms with Gasteiger partial charge in [0.2, 0.25) is 5.88 Å². The first-order valence-corrected chi connectivity index (χ1v) is 7.98. The fourth-order valence-corrected chi connectivity index (χ4v) is 2.74. The number of hydrogen-bond donors (Lipinski definition) is 3. The van der Waals surface area contributed by atoms with Gasteiger partial charge in [0.05, 0.1) is 13.2 Å². The van der Waals surface area contributed by atoms with Gasteiger partial charge in [-0.1, -0.05) is 32.0 Å². The second-order valence-corrected chi connectivity index (χ2v) is 6.10. The van der Waals surface area contributed by atoms with Crippen molar-refractivity contribution in [2.75, 3.05) is 7.11 Å². The summed E-state index contributed by atoms with van der Waals surface area (Å²) >= 11 is 0. The van der Waals surface area contributed by atoms with Crippen LogP contribution in [-0.2, 0) is 0 Å². The van der Waals surface area contributed by atoms with Crippen molar-refractivity contribution in [3.05, 3.63) is 47.8 Å². The predicted molar refractivity (Wildman–Crippen MR) is 93.6 cm³/mol. The number of hydrogen-bond acceptors (Lipinski definition) is 5. The van der Waals surface area contributed by atoms with E-state index < -0.39 is 0 Å². The number of aromatic hydroxyl groups is 1. The molecule has 3 N–H and O–H groups in total. The van der Waals surface area contributed by atoms with Crippen LogP contribution >= 0.6 is 0 Å². The number of methoxy groups -OCH3 is 1. The van der Waals surface area contributed by atoms with E-state index in [9.17, 15) is 9.90 Å². The van der Waals surface area contributed by atoms with E-state index in [0.29, 0.717) is 22.7 Å². The van der Waals surface area contributed by atoms with Crippen LogP contribution in [0.15, 0.2) is 36.5 Å². The lowest BCUT2D eigenvalue weighted by Gasteiger charge is -2.23. The molecule has 2 aromatic heterocycles. The highest BCUT2D eigenvalue weighted by Gasteiger charge is 2.24. The molecule has 0 aliphatic rings. The van der Waals surface area contributed by atoms with Crippen LogP contribution in [0, 0.1) is 5.92 Å². The molecule has 0 aliphatic carbocycles. The van der Waals surface area contributed by atoms with Crippen molar-refractivity contribution in [3.63, 3.8) is 0 Å². The molecule has 2 heterocycles. The molecule has 7 nitrogen and oxygen atoms in total. The van der Waals surface area contributed by atoms with Gasteiger partial charge >= 0.3 is 0 Å². The van der Waals surface area contributed by atoms with Crippen LogP contribution in [0.2, 0.25) is 0 Å². The Morgan fingerprint density at radius 2 is 2.12 bits per heavy atom. The third-order valence-corrected chi connectivity index (χ3v) is 4.08. The predicted octanol–water partition coefficient (Wildman–Crippen LogP) is 2.80. The summed E-state index contributed by atoms with van der Waals surface area (Å²) in [6, 6.07) is 8.54. The number of rotatable bonds is 5. The summed E-state index contributed by atoms with van der Waals surface area (Å²) in [5.74, 6) is 0.152. The van der Waals surface area contributed by atoms with Gasteiger partial charge in [-0.25, -0.2) is 0 Å². The number of ether oxygens (including phenoxy) is 1. The molecule has 1 aromatic carbocycles. The molecule has 0 fully saturated rings. The Labute approximate surface area is 145 Å². The number of pyridine rings is 1. The second kappa shape index (κ2) is 6.80. The highest BCUT2D eigenvalue weighted by molar-refractivity contribution is 5.93. The SMILES string of the molecule is COc1cc(C(=O)NC(c2ccc3cccnc3c2O)C(C)C)[nH]n1. The number of benzene rings is 1. The van der Waals surface area contributed by atoms with E-state index in [4.69, 9.17) is 4.74 Å². The molecular formula is C18H20N4O3. The molecule has 0 spiro atoms. The van der Waals surface area contributed by atoms with Crippen molar-refractivity contribution in [1.29, 1.82) is 0 Å². The molecule has 3 aromatic rings. The van der Waals surface area contributed by atoms with Crippen LogP contribution in [0.25, 0.3) is 10.9 Å². The Kier molecular flexibility index (Phi) is 4.56. The van der Waals surface area contributed by atoms with Crippen LogP contribution in [0.1, 0.15) is 35.9 Å². The zero-order valence-electron chi connectivity index (χ0n) is 14.3. The van der Waals surface area contributed by atoms with E-state index in [1.54, 1.807) is 6.20 Å². The van der Waals surface area contributed by atoms with Crippen molar-refractivity contribution >= 4 is 16.8 Å². The summed E-state index contributed by atoms with van der Waals surface area (Å²) in [6.45, 7) is 3.95. The summed E-state index contributed by atoms with van der Waals surface area (Å²) in [5.41, 5.74) is 1.44. The normalized spacial score (nSPS) is 12.3. The molecule has 3 rings (SSSR count). The van der Waals surface area contributed by atoms with Crippen molar-refractivity contribution in [1.82, 2.24) is 20.5 Å². The third-order valence-electron chi connectivity index (χ3n) is 4.08. The van der Waals surface area contributed by atoms with Gasteiger partial charge in [0, 0.05) is 23.2 Å². The van der Waals surface area contributed by atoms with Gasteiger partial charge < -0.3 is 15.2 Å². The second-order valence-electron chi connectivity index (χ2n) is 6.10. The van der Waals surface area contributed by atoms with Gasteiger partial charge in [0.25, 0.3) is 5.91 Å². The number of carbonyl (C=O) groups is 1. The first-order valence-electron chi connectivity index (χ1n) is 7.98. The van der Waals surface area contributed by atoms with Crippen molar-refractivity contribution in [2.45, 2.75) is 19.9 Å². The average molecular weight is 340 g/mol. The highest BCUT2D eigenvalue weighted by atomic mass is 16.5. The molecule has 1 amide bonds. The fraction of sp³-hybridized carbons (Fsp3) is 0.278. The lowest BCUT2D eigenvalue weighted by Crippen LogP contribution is -2.32. The average Bonchev–Trinajstić information content (AvgIpc) is 3.10. The first kappa shape index (κ1) is 16.8. The summed E-state index contributed by atoms with van der Waals surface area (Å²) in [5, 5.41) is 20.9. The van der Waals surface area contributed by atoms with Crippen LogP contribution in [0.5, 0.6) is 11.6 Å². The van der Waals surface area contributed by atoms with Gasteiger partial charge in [-0.05, 0) is 12.0 Å². The van der Waals surface area contributed by atoms with Gasteiger partial charge in [0.15, 0.2) is 0 Å². The molecule has 0 saturated carbocycles. The fourth-order valence-electron chi connectivity index (χ4n) is 2.74. The molecule has 1 atom stereocenters. The Bertz CT molecular complexity index is 904. The molecule has 0 saturated heterocycles. The Morgan fingerprint density at radius 3 is 2.80 bits per heavy atom. The molecule has 25 heavy (non-hydrogen) atoms. The topological polar surface area (TPSA) is 100 Å². The van der Waals surface area contributed by atoms with E-state index in [1.165, 1.54) is 13.2 Å². The number of fused-ring (bicyclic) bond motifs is 1. The minimum absolute atomic E-state index is 0.0563. The molecular weight excluding hydrogens is 320 g/mol. The minimum Gasteiger partial charge on any atom is -0.505 e. The van der Waals surface area contributed by atoms with Gasteiger partial charge in [-0.3, -0.25) is 14.9 Å². The first-order chi connectivity index (χ1) is 12.0. The van der Waals surface area contributed by atoms with Crippen molar-refractivity contribution in [3.8, 4) is 11.6 Å². The number of carbonyl (C=O) groups excluding carboxylic acids is 1. The van der Waals surface area contributed by atoms with Crippen LogP contribution in [0.3, 0.4) is 0 Å². The Morgan fingerprint density at radius 1 is 1.32 bits per heavy atom. The molecule has 1 unspecified atom stereocenters. The maximum atomic E-state index is 12.5. The van der Waals surface area contributed by atoms with E-state index in [-0.39, 0.29) is 23.6 Å². The summed E-state index contributed by atoms with van der Waals surface area (Å²) in [7, 11) is 1.48. The molecule has 0 bridgehead atoms. The molecule has 0 aliphatic heterocycles. The number of phenolic OH excluding ortho intramolecular Hbond substituents is 1. The van der Waals surface area contributed by atoms with E-state index in [0.717, 1.165) is 5.39 Å². The number of H-pyrrole nitrogens is 1. The molecule has 0 radical (unpaired) electrons. The van der Waals surface area contributed by atoms with Gasteiger partial charge in [-0.2, -0.15) is 0 Å². The zero-order chi connectivity index (χ0) is 18.0. The maximum Gasteiger partial charge on any atom is 0.269 e. The van der Waals surface area contributed by atoms with E-state index in [2.05, 4.69) is 20.5 Å². The smallest absolute Gasteiger partial charge is 0.269 e. The van der Waals surface area contributed by atoms with Crippen LogP contribution in [0.4, 0.5) is 0 Å². The number of aromatic nitrogens is 3. The molecule has 7 heteroatoms. The molecule has 130 valence electrons. The summed E-state index contributed by atoms with van der Waals surface area (Å²) in [4.78, 5) is 16.7. The lowest BCUT2D eigenvalue weighted by atomic mass is 9.94.